The lowest BCUT2D eigenvalue weighted by Gasteiger charge is -2.27. The predicted molar refractivity (Wildman–Crippen MR) is 72.2 cm³/mol. The summed E-state index contributed by atoms with van der Waals surface area (Å²) in [6.07, 6.45) is 1.05. The number of fused-ring (bicyclic) bond motifs is 1. The van der Waals surface area contributed by atoms with Gasteiger partial charge in [-0.3, -0.25) is 4.79 Å². The van der Waals surface area contributed by atoms with Crippen LogP contribution in [0.2, 0.25) is 0 Å². The number of carbonyl (C=O) groups excluding carboxylic acids is 1. The minimum absolute atomic E-state index is 0.175. The smallest absolute Gasteiger partial charge is 0.253 e. The molecule has 0 aromatic heterocycles. The number of nitrogens with one attached hydrogen (secondary N) is 1. The van der Waals surface area contributed by atoms with Gasteiger partial charge in [-0.25, -0.2) is 0 Å². The van der Waals surface area contributed by atoms with E-state index in [-0.39, 0.29) is 5.91 Å². The van der Waals surface area contributed by atoms with Crippen LogP contribution in [0.15, 0.2) is 18.2 Å². The monoisotopic (exact) mass is 245 g/mol. The highest BCUT2D eigenvalue weighted by molar-refractivity contribution is 5.95. The molecule has 0 unspecified atom stereocenters. The van der Waals surface area contributed by atoms with Gasteiger partial charge >= 0.3 is 0 Å². The molecule has 4 heteroatoms. The molecule has 0 aliphatic carbocycles. The Bertz CT molecular complexity index is 466. The quantitative estimate of drug-likeness (QED) is 0.792. The van der Waals surface area contributed by atoms with Crippen LogP contribution in [0.5, 0.6) is 0 Å². The highest BCUT2D eigenvalue weighted by Crippen LogP contribution is 2.27. The van der Waals surface area contributed by atoms with Crippen molar-refractivity contribution in [2.75, 3.05) is 44.7 Å². The number of anilines is 1. The van der Waals surface area contributed by atoms with Crippen molar-refractivity contribution >= 4 is 11.6 Å². The first-order chi connectivity index (χ1) is 8.75. The van der Waals surface area contributed by atoms with Crippen molar-refractivity contribution in [3.05, 3.63) is 29.3 Å². The van der Waals surface area contributed by atoms with Gasteiger partial charge in [0.05, 0.1) is 0 Å². The van der Waals surface area contributed by atoms with Gasteiger partial charge in [0.25, 0.3) is 5.91 Å². The van der Waals surface area contributed by atoms with Crippen molar-refractivity contribution in [3.63, 3.8) is 0 Å². The summed E-state index contributed by atoms with van der Waals surface area (Å²) in [5.74, 6) is 0.175. The van der Waals surface area contributed by atoms with Crippen molar-refractivity contribution in [2.45, 2.75) is 6.42 Å². The summed E-state index contributed by atoms with van der Waals surface area (Å²) < 4.78 is 0. The third-order valence-corrected chi connectivity index (χ3v) is 3.86. The Balaban J connectivity index is 1.82. The number of rotatable bonds is 1. The molecule has 1 N–H and O–H groups in total. The second-order valence-corrected chi connectivity index (χ2v) is 5.06. The SMILES string of the molecule is CN1CCc2cc(C(=O)N3CCNCC3)ccc21. The highest BCUT2D eigenvalue weighted by atomic mass is 16.2. The number of hydrogen-bond acceptors (Lipinski definition) is 3. The topological polar surface area (TPSA) is 35.6 Å². The summed E-state index contributed by atoms with van der Waals surface area (Å²) in [4.78, 5) is 16.6. The van der Waals surface area contributed by atoms with E-state index in [0.717, 1.165) is 44.7 Å². The Hall–Kier alpha value is -1.55. The summed E-state index contributed by atoms with van der Waals surface area (Å²) in [5.41, 5.74) is 3.41. The van der Waals surface area contributed by atoms with Gasteiger partial charge in [-0.15, -0.1) is 0 Å². The van der Waals surface area contributed by atoms with E-state index in [0.29, 0.717) is 0 Å². The maximum absolute atomic E-state index is 12.4. The maximum Gasteiger partial charge on any atom is 0.253 e. The Morgan fingerprint density at radius 2 is 2.00 bits per heavy atom. The van der Waals surface area contributed by atoms with E-state index in [4.69, 9.17) is 0 Å². The van der Waals surface area contributed by atoms with E-state index in [2.05, 4.69) is 29.4 Å². The molecule has 1 fully saturated rings. The largest absolute Gasteiger partial charge is 0.374 e. The van der Waals surface area contributed by atoms with Crippen LogP contribution in [0, 0.1) is 0 Å². The van der Waals surface area contributed by atoms with Crippen molar-refractivity contribution in [1.29, 1.82) is 0 Å². The van der Waals surface area contributed by atoms with Crippen molar-refractivity contribution in [3.8, 4) is 0 Å². The second kappa shape index (κ2) is 4.61. The molecule has 1 saturated heterocycles. The molecule has 1 amide bonds. The van der Waals surface area contributed by atoms with E-state index in [1.54, 1.807) is 0 Å². The van der Waals surface area contributed by atoms with Gasteiger partial charge in [-0.05, 0) is 30.2 Å². The molecule has 1 aromatic carbocycles. The van der Waals surface area contributed by atoms with Crippen LogP contribution in [0.25, 0.3) is 0 Å². The van der Waals surface area contributed by atoms with Crippen LogP contribution in [0.4, 0.5) is 5.69 Å². The van der Waals surface area contributed by atoms with Crippen molar-refractivity contribution in [1.82, 2.24) is 10.2 Å². The summed E-state index contributed by atoms with van der Waals surface area (Å²) in [5, 5.41) is 3.27. The molecule has 0 radical (unpaired) electrons. The number of likely N-dealkylation sites (N-methyl/N-ethyl adjacent to an activating group) is 1. The standard InChI is InChI=1S/C14H19N3O/c1-16-7-4-11-10-12(2-3-13(11)16)14(18)17-8-5-15-6-9-17/h2-3,10,15H,4-9H2,1H3. The lowest BCUT2D eigenvalue weighted by Crippen LogP contribution is -2.46. The van der Waals surface area contributed by atoms with Crippen molar-refractivity contribution in [2.24, 2.45) is 0 Å². The van der Waals surface area contributed by atoms with E-state index in [9.17, 15) is 4.79 Å². The van der Waals surface area contributed by atoms with Crippen LogP contribution in [-0.4, -0.2) is 50.6 Å². The van der Waals surface area contributed by atoms with Crippen LogP contribution < -0.4 is 10.2 Å². The summed E-state index contributed by atoms with van der Waals surface area (Å²) in [7, 11) is 2.10. The van der Waals surface area contributed by atoms with Gasteiger partial charge in [-0.1, -0.05) is 0 Å². The number of piperazine rings is 1. The molecule has 1 aromatic rings. The summed E-state index contributed by atoms with van der Waals surface area (Å²) >= 11 is 0. The van der Waals surface area contributed by atoms with E-state index < -0.39 is 0 Å². The minimum atomic E-state index is 0.175. The van der Waals surface area contributed by atoms with Crippen molar-refractivity contribution < 1.29 is 4.79 Å². The number of nitrogens with zero attached hydrogens (tertiary/aromatic N) is 2. The normalized spacial score (nSPS) is 18.9. The van der Waals surface area contributed by atoms with Crippen LogP contribution in [0.3, 0.4) is 0 Å². The highest BCUT2D eigenvalue weighted by Gasteiger charge is 2.21. The number of carbonyl (C=O) groups is 1. The molecule has 18 heavy (non-hydrogen) atoms. The third kappa shape index (κ3) is 1.97. The third-order valence-electron chi connectivity index (χ3n) is 3.86. The van der Waals surface area contributed by atoms with Crippen LogP contribution in [0.1, 0.15) is 15.9 Å². The molecule has 96 valence electrons. The fourth-order valence-corrected chi connectivity index (χ4v) is 2.75. The lowest BCUT2D eigenvalue weighted by atomic mass is 10.1. The minimum Gasteiger partial charge on any atom is -0.374 e. The first kappa shape index (κ1) is 11.5. The van der Waals surface area contributed by atoms with E-state index >= 15 is 0 Å². The Morgan fingerprint density at radius 1 is 1.22 bits per heavy atom. The van der Waals surface area contributed by atoms with Gasteiger partial charge in [0.15, 0.2) is 0 Å². The first-order valence-electron chi connectivity index (χ1n) is 6.60. The lowest BCUT2D eigenvalue weighted by molar-refractivity contribution is 0.0736. The number of amides is 1. The van der Waals surface area contributed by atoms with Gasteiger partial charge in [0.2, 0.25) is 0 Å². The average Bonchev–Trinajstić information content (AvgIpc) is 2.80. The molecular weight excluding hydrogens is 226 g/mol. The fraction of sp³-hybridized carbons (Fsp3) is 0.500. The van der Waals surface area contributed by atoms with E-state index in [1.807, 2.05) is 11.0 Å². The zero-order valence-corrected chi connectivity index (χ0v) is 10.8. The fourth-order valence-electron chi connectivity index (χ4n) is 2.75. The molecule has 0 saturated carbocycles. The zero-order chi connectivity index (χ0) is 12.5. The van der Waals surface area contributed by atoms with Gasteiger partial charge < -0.3 is 15.1 Å². The van der Waals surface area contributed by atoms with Crippen LogP contribution in [-0.2, 0) is 6.42 Å². The Kier molecular flexibility index (Phi) is 2.96. The number of hydrogen-bond donors (Lipinski definition) is 1. The molecule has 0 spiro atoms. The Labute approximate surface area is 108 Å². The predicted octanol–water partition coefficient (Wildman–Crippen LogP) is 0.724. The molecule has 0 bridgehead atoms. The van der Waals surface area contributed by atoms with Gasteiger partial charge in [0.1, 0.15) is 0 Å². The van der Waals surface area contributed by atoms with Gasteiger partial charge in [-0.2, -0.15) is 0 Å². The van der Waals surface area contributed by atoms with E-state index in [1.165, 1.54) is 11.3 Å². The molecular formula is C14H19N3O. The van der Waals surface area contributed by atoms with Gasteiger partial charge in [0, 0.05) is 51.0 Å². The van der Waals surface area contributed by atoms with Crippen LogP contribution >= 0.6 is 0 Å². The molecule has 4 nitrogen and oxygen atoms in total. The molecule has 0 atom stereocenters. The summed E-state index contributed by atoms with van der Waals surface area (Å²) in [6, 6.07) is 6.12. The number of benzene rings is 1. The zero-order valence-electron chi connectivity index (χ0n) is 10.8. The Morgan fingerprint density at radius 3 is 2.78 bits per heavy atom. The average molecular weight is 245 g/mol. The first-order valence-corrected chi connectivity index (χ1v) is 6.60. The molecule has 2 aliphatic rings. The maximum atomic E-state index is 12.4. The molecule has 3 rings (SSSR count). The second-order valence-electron chi connectivity index (χ2n) is 5.06. The molecule has 2 aliphatic heterocycles. The summed E-state index contributed by atoms with van der Waals surface area (Å²) in [6.45, 7) is 4.49. The molecule has 2 heterocycles.